The molecule has 1 atom stereocenters. The highest BCUT2D eigenvalue weighted by molar-refractivity contribution is 4.59. The van der Waals surface area contributed by atoms with E-state index < -0.39 is 6.10 Å². The fourth-order valence-corrected chi connectivity index (χ4v) is 1.40. The van der Waals surface area contributed by atoms with E-state index in [1.54, 1.807) is 7.11 Å². The van der Waals surface area contributed by atoms with Gasteiger partial charge in [-0.25, -0.2) is 0 Å². The Morgan fingerprint density at radius 3 is 1.95 bits per heavy atom. The number of ether oxygens (including phenoxy) is 4. The Hall–Kier alpha value is -0.240. The fraction of sp³-hybridized carbons (Fsp3) is 1.00. The van der Waals surface area contributed by atoms with Gasteiger partial charge < -0.3 is 29.4 Å². The minimum Gasteiger partial charge on any atom is -0.389 e. The zero-order valence-corrected chi connectivity index (χ0v) is 13.1. The van der Waals surface area contributed by atoms with E-state index in [0.717, 1.165) is 6.54 Å². The van der Waals surface area contributed by atoms with Crippen molar-refractivity contribution >= 4 is 0 Å². The second-order valence-corrected chi connectivity index (χ2v) is 5.00. The summed E-state index contributed by atoms with van der Waals surface area (Å²) in [6.07, 6.45) is -0.467. The van der Waals surface area contributed by atoms with E-state index in [1.165, 1.54) is 0 Å². The lowest BCUT2D eigenvalue weighted by atomic mass is 10.2. The van der Waals surface area contributed by atoms with Crippen molar-refractivity contribution in [2.24, 2.45) is 5.92 Å². The van der Waals surface area contributed by atoms with E-state index in [1.807, 2.05) is 0 Å². The van der Waals surface area contributed by atoms with Crippen molar-refractivity contribution in [2.45, 2.75) is 20.0 Å². The molecule has 0 fully saturated rings. The third-order valence-corrected chi connectivity index (χ3v) is 2.42. The lowest BCUT2D eigenvalue weighted by molar-refractivity contribution is -0.0140. The SMILES string of the molecule is COCCOCCOCCOCC(O)CNCC(C)C. The number of aliphatic hydroxyl groups excluding tert-OH is 1. The first-order valence-electron chi connectivity index (χ1n) is 7.27. The van der Waals surface area contributed by atoms with E-state index in [0.29, 0.717) is 58.7 Å². The summed E-state index contributed by atoms with van der Waals surface area (Å²) >= 11 is 0. The van der Waals surface area contributed by atoms with Crippen molar-refractivity contribution in [3.05, 3.63) is 0 Å². The van der Waals surface area contributed by atoms with Crippen LogP contribution < -0.4 is 5.32 Å². The molecule has 2 N–H and O–H groups in total. The molecular weight excluding hydrogens is 262 g/mol. The summed E-state index contributed by atoms with van der Waals surface area (Å²) in [5, 5.41) is 12.8. The van der Waals surface area contributed by atoms with Crippen molar-refractivity contribution in [3.8, 4) is 0 Å². The van der Waals surface area contributed by atoms with Crippen molar-refractivity contribution in [1.29, 1.82) is 0 Å². The smallest absolute Gasteiger partial charge is 0.0897 e. The highest BCUT2D eigenvalue weighted by Crippen LogP contribution is 1.89. The van der Waals surface area contributed by atoms with Crippen LogP contribution in [0, 0.1) is 5.92 Å². The lowest BCUT2D eigenvalue weighted by Gasteiger charge is -2.13. The van der Waals surface area contributed by atoms with Gasteiger partial charge >= 0.3 is 0 Å². The van der Waals surface area contributed by atoms with E-state index in [2.05, 4.69) is 19.2 Å². The molecule has 6 nitrogen and oxygen atoms in total. The topological polar surface area (TPSA) is 69.2 Å². The van der Waals surface area contributed by atoms with Gasteiger partial charge in [0.1, 0.15) is 0 Å². The van der Waals surface area contributed by atoms with Gasteiger partial charge in [0.25, 0.3) is 0 Å². The molecule has 0 aliphatic rings. The van der Waals surface area contributed by atoms with Crippen molar-refractivity contribution in [3.63, 3.8) is 0 Å². The van der Waals surface area contributed by atoms with Crippen LogP contribution in [0.15, 0.2) is 0 Å². The van der Waals surface area contributed by atoms with Crippen LogP contribution in [0.5, 0.6) is 0 Å². The van der Waals surface area contributed by atoms with Crippen molar-refractivity contribution in [1.82, 2.24) is 5.32 Å². The molecule has 20 heavy (non-hydrogen) atoms. The number of rotatable bonds is 15. The number of aliphatic hydroxyl groups is 1. The average Bonchev–Trinajstić information content (AvgIpc) is 2.40. The van der Waals surface area contributed by atoms with Crippen LogP contribution in [0.25, 0.3) is 0 Å². The number of methoxy groups -OCH3 is 1. The summed E-state index contributed by atoms with van der Waals surface area (Å²) in [5.41, 5.74) is 0. The second-order valence-electron chi connectivity index (χ2n) is 5.00. The van der Waals surface area contributed by atoms with Gasteiger partial charge in [-0.05, 0) is 12.5 Å². The van der Waals surface area contributed by atoms with Crippen molar-refractivity contribution in [2.75, 3.05) is 66.4 Å². The van der Waals surface area contributed by atoms with Crippen LogP contribution in [0.1, 0.15) is 13.8 Å². The van der Waals surface area contributed by atoms with Gasteiger partial charge in [-0.15, -0.1) is 0 Å². The summed E-state index contributed by atoms with van der Waals surface area (Å²) in [4.78, 5) is 0. The van der Waals surface area contributed by atoms with Gasteiger partial charge in [0.2, 0.25) is 0 Å². The quantitative estimate of drug-likeness (QED) is 0.423. The Morgan fingerprint density at radius 1 is 0.850 bits per heavy atom. The molecule has 1 unspecified atom stereocenters. The maximum atomic E-state index is 9.63. The summed E-state index contributed by atoms with van der Waals surface area (Å²) in [5.74, 6) is 0.586. The van der Waals surface area contributed by atoms with Gasteiger partial charge in [-0.2, -0.15) is 0 Å². The maximum absolute atomic E-state index is 9.63. The van der Waals surface area contributed by atoms with Crippen molar-refractivity contribution < 1.29 is 24.1 Å². The molecule has 0 aromatic heterocycles. The van der Waals surface area contributed by atoms with Gasteiger partial charge in [-0.3, -0.25) is 0 Å². The molecule has 0 bridgehead atoms. The van der Waals surface area contributed by atoms with E-state index in [-0.39, 0.29) is 0 Å². The standard InChI is InChI=1S/C14H31NO5/c1-13(2)10-15-11-14(16)12-20-9-8-19-7-6-18-5-4-17-3/h13-16H,4-12H2,1-3H3. The Labute approximate surface area is 122 Å². The van der Waals surface area contributed by atoms with Crippen LogP contribution in [0.3, 0.4) is 0 Å². The van der Waals surface area contributed by atoms with Crippen LogP contribution in [0.2, 0.25) is 0 Å². The molecule has 0 rings (SSSR count). The fourth-order valence-electron chi connectivity index (χ4n) is 1.40. The summed E-state index contributed by atoms with van der Waals surface area (Å²) < 4.78 is 20.7. The predicted octanol–water partition coefficient (Wildman–Crippen LogP) is 0.289. The molecule has 0 aliphatic heterocycles. The highest BCUT2D eigenvalue weighted by atomic mass is 16.6. The molecule has 0 radical (unpaired) electrons. The Bertz CT molecular complexity index is 192. The first-order chi connectivity index (χ1) is 9.66. The van der Waals surface area contributed by atoms with Gasteiger partial charge in [-0.1, -0.05) is 13.8 Å². The Kier molecular flexibility index (Phi) is 15.0. The molecule has 0 saturated heterocycles. The normalized spacial score (nSPS) is 13.1. The van der Waals surface area contributed by atoms with Gasteiger partial charge in [0.15, 0.2) is 0 Å². The van der Waals surface area contributed by atoms with E-state index in [9.17, 15) is 5.11 Å². The molecular formula is C14H31NO5. The number of hydrogen-bond acceptors (Lipinski definition) is 6. The highest BCUT2D eigenvalue weighted by Gasteiger charge is 2.04. The molecule has 122 valence electrons. The molecule has 0 spiro atoms. The van der Waals surface area contributed by atoms with E-state index in [4.69, 9.17) is 18.9 Å². The Morgan fingerprint density at radius 2 is 1.40 bits per heavy atom. The molecule has 0 saturated carbocycles. The second kappa shape index (κ2) is 15.2. The molecule has 6 heteroatoms. The third-order valence-electron chi connectivity index (χ3n) is 2.42. The van der Waals surface area contributed by atoms with Gasteiger partial charge in [0.05, 0.1) is 52.4 Å². The van der Waals surface area contributed by atoms with E-state index >= 15 is 0 Å². The largest absolute Gasteiger partial charge is 0.389 e. The summed E-state index contributed by atoms with van der Waals surface area (Å²) in [6.45, 7) is 9.36. The Balaban J connectivity index is 3.11. The summed E-state index contributed by atoms with van der Waals surface area (Å²) in [7, 11) is 1.64. The average molecular weight is 293 g/mol. The van der Waals surface area contributed by atoms with Crippen LogP contribution >= 0.6 is 0 Å². The summed E-state index contributed by atoms with van der Waals surface area (Å²) in [6, 6.07) is 0. The zero-order chi connectivity index (χ0) is 15.1. The van der Waals surface area contributed by atoms with Crippen LogP contribution in [-0.4, -0.2) is 77.7 Å². The predicted molar refractivity (Wildman–Crippen MR) is 78.0 cm³/mol. The molecule has 0 heterocycles. The maximum Gasteiger partial charge on any atom is 0.0897 e. The minimum absolute atomic E-state index is 0.332. The number of nitrogens with one attached hydrogen (secondary N) is 1. The number of hydrogen-bond donors (Lipinski definition) is 2. The zero-order valence-electron chi connectivity index (χ0n) is 13.1. The molecule has 0 amide bonds. The van der Waals surface area contributed by atoms with Crippen LogP contribution in [0.4, 0.5) is 0 Å². The van der Waals surface area contributed by atoms with Crippen LogP contribution in [-0.2, 0) is 18.9 Å². The third kappa shape index (κ3) is 15.8. The first-order valence-corrected chi connectivity index (χ1v) is 7.27. The minimum atomic E-state index is -0.467. The van der Waals surface area contributed by atoms with Gasteiger partial charge in [0, 0.05) is 13.7 Å². The molecule has 0 aromatic carbocycles. The first kappa shape index (κ1) is 19.8. The monoisotopic (exact) mass is 293 g/mol. The molecule has 0 aromatic rings. The molecule has 0 aliphatic carbocycles. The lowest BCUT2D eigenvalue weighted by Crippen LogP contribution is -2.32.